The lowest BCUT2D eigenvalue weighted by atomic mass is 10.2. The topological polar surface area (TPSA) is 58.4 Å². The number of thiophene rings is 1. The zero-order valence-corrected chi connectivity index (χ0v) is 11.2. The Balaban J connectivity index is 0.00000144. The fraction of sp³-hybridized carbons (Fsp3) is 0.600. The fourth-order valence-electron chi connectivity index (χ4n) is 1.96. The van der Waals surface area contributed by atoms with Gasteiger partial charge in [-0.15, -0.1) is 12.4 Å². The van der Waals surface area contributed by atoms with Gasteiger partial charge in [-0.3, -0.25) is 15.0 Å². The molecule has 1 aromatic heterocycles. The Bertz CT molecular complexity index is 385. The maximum atomic E-state index is 10.6. The van der Waals surface area contributed by atoms with E-state index in [1.807, 2.05) is 5.38 Å². The van der Waals surface area contributed by atoms with Crippen LogP contribution in [-0.4, -0.2) is 35.5 Å². The van der Waals surface area contributed by atoms with Crippen molar-refractivity contribution in [3.8, 4) is 0 Å². The van der Waals surface area contributed by atoms with E-state index < -0.39 is 0 Å². The van der Waals surface area contributed by atoms with Gasteiger partial charge in [0.25, 0.3) is 0 Å². The Morgan fingerprint density at radius 3 is 3.06 bits per heavy atom. The standard InChI is InChI=1S/C10H15N3O2S.ClH/c1-8-5-12(3-2-11-8)6-9-4-10(13(14)15)16-7-9;/h4,7-8,11H,2-3,5-6H2,1H3;1H. The molecule has 5 nitrogen and oxygen atoms in total. The highest BCUT2D eigenvalue weighted by molar-refractivity contribution is 7.13. The average Bonchev–Trinajstić information content (AvgIpc) is 2.66. The summed E-state index contributed by atoms with van der Waals surface area (Å²) >= 11 is 1.21. The van der Waals surface area contributed by atoms with Crippen molar-refractivity contribution in [1.82, 2.24) is 10.2 Å². The van der Waals surface area contributed by atoms with E-state index in [9.17, 15) is 10.1 Å². The van der Waals surface area contributed by atoms with Crippen molar-refractivity contribution in [3.05, 3.63) is 27.1 Å². The smallest absolute Gasteiger partial charge is 0.312 e. The Labute approximate surface area is 110 Å². The van der Waals surface area contributed by atoms with E-state index in [0.717, 1.165) is 31.7 Å². The van der Waals surface area contributed by atoms with E-state index in [2.05, 4.69) is 17.1 Å². The molecule has 2 rings (SSSR count). The van der Waals surface area contributed by atoms with Crippen LogP contribution >= 0.6 is 23.7 Å². The highest BCUT2D eigenvalue weighted by Crippen LogP contribution is 2.23. The minimum atomic E-state index is -0.325. The summed E-state index contributed by atoms with van der Waals surface area (Å²) in [6, 6.07) is 2.18. The van der Waals surface area contributed by atoms with Crippen LogP contribution in [0.25, 0.3) is 0 Å². The SMILES string of the molecule is CC1CN(Cc2csc([N+](=O)[O-])c2)CCN1.Cl. The van der Waals surface area contributed by atoms with E-state index in [-0.39, 0.29) is 22.3 Å². The molecule has 0 saturated carbocycles. The van der Waals surface area contributed by atoms with Gasteiger partial charge >= 0.3 is 5.00 Å². The number of hydrogen-bond acceptors (Lipinski definition) is 5. The second-order valence-electron chi connectivity index (χ2n) is 4.14. The predicted octanol–water partition coefficient (Wildman–Crippen LogP) is 1.87. The lowest BCUT2D eigenvalue weighted by Gasteiger charge is -2.31. The molecule has 1 N–H and O–H groups in total. The van der Waals surface area contributed by atoms with Crippen LogP contribution in [0.2, 0.25) is 0 Å². The second kappa shape index (κ2) is 6.30. The largest absolute Gasteiger partial charge is 0.324 e. The third-order valence-electron chi connectivity index (χ3n) is 2.68. The average molecular weight is 278 g/mol. The predicted molar refractivity (Wildman–Crippen MR) is 71.0 cm³/mol. The van der Waals surface area contributed by atoms with Crippen LogP contribution < -0.4 is 5.32 Å². The number of nitrogens with one attached hydrogen (secondary N) is 1. The van der Waals surface area contributed by atoms with Crippen molar-refractivity contribution in [2.45, 2.75) is 19.5 Å². The summed E-state index contributed by atoms with van der Waals surface area (Å²) < 4.78 is 0. The van der Waals surface area contributed by atoms with E-state index in [1.165, 1.54) is 11.3 Å². The number of piperazine rings is 1. The third-order valence-corrected chi connectivity index (χ3v) is 3.61. The monoisotopic (exact) mass is 277 g/mol. The fourth-order valence-corrected chi connectivity index (χ4v) is 2.68. The molecule has 7 heteroatoms. The van der Waals surface area contributed by atoms with Gasteiger partial charge in [-0.2, -0.15) is 0 Å². The second-order valence-corrected chi connectivity index (χ2v) is 5.03. The lowest BCUT2D eigenvalue weighted by Crippen LogP contribution is -2.48. The summed E-state index contributed by atoms with van der Waals surface area (Å²) in [7, 11) is 0. The molecule has 0 radical (unpaired) electrons. The number of nitrogens with zero attached hydrogens (tertiary/aromatic N) is 2. The van der Waals surface area contributed by atoms with Crippen LogP contribution in [0.4, 0.5) is 5.00 Å². The van der Waals surface area contributed by atoms with Gasteiger partial charge in [-0.05, 0) is 12.5 Å². The van der Waals surface area contributed by atoms with Gasteiger partial charge in [0.1, 0.15) is 0 Å². The van der Waals surface area contributed by atoms with Crippen molar-refractivity contribution >= 4 is 28.7 Å². The summed E-state index contributed by atoms with van der Waals surface area (Å²) in [5.41, 5.74) is 1.05. The molecule has 1 aliphatic rings. The van der Waals surface area contributed by atoms with Crippen molar-refractivity contribution in [1.29, 1.82) is 0 Å². The molecule has 0 amide bonds. The Morgan fingerprint density at radius 1 is 1.71 bits per heavy atom. The van der Waals surface area contributed by atoms with Crippen molar-refractivity contribution in [3.63, 3.8) is 0 Å². The van der Waals surface area contributed by atoms with Crippen LogP contribution in [0.15, 0.2) is 11.4 Å². The normalized spacial score (nSPS) is 20.9. The van der Waals surface area contributed by atoms with Gasteiger partial charge < -0.3 is 5.32 Å². The maximum Gasteiger partial charge on any atom is 0.324 e. The molecule has 1 unspecified atom stereocenters. The van der Waals surface area contributed by atoms with Gasteiger partial charge in [0.05, 0.1) is 4.92 Å². The summed E-state index contributed by atoms with van der Waals surface area (Å²) in [6.07, 6.45) is 0. The van der Waals surface area contributed by atoms with Crippen molar-refractivity contribution < 1.29 is 4.92 Å². The molecule has 17 heavy (non-hydrogen) atoms. The Kier molecular flexibility index (Phi) is 5.32. The first-order valence-corrected chi connectivity index (χ1v) is 6.20. The number of hydrogen-bond donors (Lipinski definition) is 1. The van der Waals surface area contributed by atoms with Gasteiger partial charge in [0.15, 0.2) is 0 Å². The number of nitro groups is 1. The van der Waals surface area contributed by atoms with Gasteiger partial charge in [-0.25, -0.2) is 0 Å². The molecular weight excluding hydrogens is 262 g/mol. The summed E-state index contributed by atoms with van der Waals surface area (Å²) in [5.74, 6) is 0. The molecule has 2 heterocycles. The van der Waals surface area contributed by atoms with Crippen LogP contribution in [0.5, 0.6) is 0 Å². The molecule has 1 aliphatic heterocycles. The molecular formula is C10H16ClN3O2S. The van der Waals surface area contributed by atoms with Crippen LogP contribution in [0.1, 0.15) is 12.5 Å². The quantitative estimate of drug-likeness (QED) is 0.677. The molecule has 1 atom stereocenters. The highest BCUT2D eigenvalue weighted by atomic mass is 35.5. The van der Waals surface area contributed by atoms with E-state index in [1.54, 1.807) is 6.07 Å². The highest BCUT2D eigenvalue weighted by Gasteiger charge is 2.17. The molecule has 0 bridgehead atoms. The summed E-state index contributed by atoms with van der Waals surface area (Å²) in [4.78, 5) is 12.6. The van der Waals surface area contributed by atoms with E-state index >= 15 is 0 Å². The lowest BCUT2D eigenvalue weighted by molar-refractivity contribution is -0.380. The molecule has 1 fully saturated rings. The van der Waals surface area contributed by atoms with E-state index in [0.29, 0.717) is 6.04 Å². The third kappa shape index (κ3) is 3.92. The molecule has 0 aliphatic carbocycles. The molecule has 0 spiro atoms. The summed E-state index contributed by atoms with van der Waals surface area (Å²) in [6.45, 7) is 5.98. The molecule has 96 valence electrons. The van der Waals surface area contributed by atoms with Gasteiger partial charge in [0, 0.05) is 43.7 Å². The first kappa shape index (κ1) is 14.4. The van der Waals surface area contributed by atoms with Crippen LogP contribution in [0, 0.1) is 10.1 Å². The minimum absolute atomic E-state index is 0. The van der Waals surface area contributed by atoms with E-state index in [4.69, 9.17) is 0 Å². The first-order valence-electron chi connectivity index (χ1n) is 5.32. The zero-order chi connectivity index (χ0) is 11.5. The number of halogens is 1. The van der Waals surface area contributed by atoms with Crippen molar-refractivity contribution in [2.75, 3.05) is 19.6 Å². The first-order chi connectivity index (χ1) is 7.65. The molecule has 1 saturated heterocycles. The summed E-state index contributed by atoms with van der Waals surface area (Å²) in [5, 5.41) is 16.0. The zero-order valence-electron chi connectivity index (χ0n) is 9.59. The van der Waals surface area contributed by atoms with Crippen LogP contribution in [0.3, 0.4) is 0 Å². The van der Waals surface area contributed by atoms with Gasteiger partial charge in [0.2, 0.25) is 0 Å². The maximum absolute atomic E-state index is 10.6. The van der Waals surface area contributed by atoms with Gasteiger partial charge in [-0.1, -0.05) is 11.3 Å². The molecule has 0 aromatic carbocycles. The van der Waals surface area contributed by atoms with Crippen LogP contribution in [-0.2, 0) is 6.54 Å². The Hall–Kier alpha value is -0.690. The van der Waals surface area contributed by atoms with Crippen molar-refractivity contribution in [2.24, 2.45) is 0 Å². The minimum Gasteiger partial charge on any atom is -0.312 e. The Morgan fingerprint density at radius 2 is 2.47 bits per heavy atom. The number of rotatable bonds is 3. The molecule has 1 aromatic rings.